The molecular formula is C29H32OP+. The van der Waals surface area contributed by atoms with E-state index in [1.54, 1.807) is 0 Å². The van der Waals surface area contributed by atoms with Gasteiger partial charge < -0.3 is 4.74 Å². The summed E-state index contributed by atoms with van der Waals surface area (Å²) in [4.78, 5) is 0. The summed E-state index contributed by atoms with van der Waals surface area (Å²) in [5.74, 6) is 2.27. The Morgan fingerprint density at radius 1 is 0.742 bits per heavy atom. The average molecular weight is 428 g/mol. The van der Waals surface area contributed by atoms with Crippen molar-refractivity contribution in [3.8, 4) is 0 Å². The lowest BCUT2D eigenvalue weighted by Crippen LogP contribution is -2.33. The number of hydrogen-bond acceptors (Lipinski definition) is 1. The van der Waals surface area contributed by atoms with Gasteiger partial charge in [0, 0.05) is 19.3 Å². The summed E-state index contributed by atoms with van der Waals surface area (Å²) in [7, 11) is -2.03. The molecule has 3 aromatic carbocycles. The van der Waals surface area contributed by atoms with Crippen molar-refractivity contribution in [1.82, 2.24) is 0 Å². The SMILES string of the molecule is CC=C(CC)OC1=C([P+](c2ccccc2)(c2ccccc2)c2ccccc2)CCCC1. The molecule has 0 radical (unpaired) electrons. The van der Waals surface area contributed by atoms with Gasteiger partial charge in [-0.3, -0.25) is 0 Å². The first-order chi connectivity index (χ1) is 15.3. The van der Waals surface area contributed by atoms with Crippen molar-refractivity contribution in [1.29, 1.82) is 0 Å². The van der Waals surface area contributed by atoms with E-state index < -0.39 is 7.26 Å². The first-order valence-electron chi connectivity index (χ1n) is 11.4. The highest BCUT2D eigenvalue weighted by atomic mass is 31.2. The lowest BCUT2D eigenvalue weighted by molar-refractivity contribution is 0.267. The Kier molecular flexibility index (Phi) is 7.05. The van der Waals surface area contributed by atoms with E-state index in [-0.39, 0.29) is 0 Å². The predicted octanol–water partition coefficient (Wildman–Crippen LogP) is 7.10. The molecule has 3 aromatic rings. The molecule has 0 aromatic heterocycles. The number of allylic oxidation sites excluding steroid dienone is 4. The van der Waals surface area contributed by atoms with Crippen LogP contribution in [0.5, 0.6) is 0 Å². The lowest BCUT2D eigenvalue weighted by Gasteiger charge is -2.33. The van der Waals surface area contributed by atoms with Crippen LogP contribution in [0.4, 0.5) is 0 Å². The largest absolute Gasteiger partial charge is 0.463 e. The molecule has 0 bridgehead atoms. The predicted molar refractivity (Wildman–Crippen MR) is 136 cm³/mol. The monoisotopic (exact) mass is 427 g/mol. The van der Waals surface area contributed by atoms with Gasteiger partial charge in [0.15, 0.2) is 0 Å². The minimum absolute atomic E-state index is 0.917. The van der Waals surface area contributed by atoms with Gasteiger partial charge in [0.25, 0.3) is 0 Å². The minimum Gasteiger partial charge on any atom is -0.463 e. The van der Waals surface area contributed by atoms with Crippen LogP contribution in [-0.4, -0.2) is 0 Å². The highest BCUT2D eigenvalue weighted by Gasteiger charge is 2.51. The van der Waals surface area contributed by atoms with Crippen molar-refractivity contribution in [2.45, 2.75) is 46.0 Å². The fourth-order valence-corrected chi connectivity index (χ4v) is 9.40. The van der Waals surface area contributed by atoms with E-state index >= 15 is 0 Å². The topological polar surface area (TPSA) is 9.23 Å². The van der Waals surface area contributed by atoms with Gasteiger partial charge >= 0.3 is 0 Å². The molecule has 0 unspecified atom stereocenters. The number of ether oxygens (including phenoxy) is 1. The third kappa shape index (κ3) is 4.25. The second kappa shape index (κ2) is 10.1. The molecule has 0 aliphatic heterocycles. The zero-order chi connectivity index (χ0) is 21.5. The Labute approximate surface area is 187 Å². The van der Waals surface area contributed by atoms with Crippen LogP contribution in [0.15, 0.2) is 114 Å². The number of benzene rings is 3. The summed E-state index contributed by atoms with van der Waals surface area (Å²) in [6.45, 7) is 4.25. The van der Waals surface area contributed by atoms with Crippen molar-refractivity contribution in [3.63, 3.8) is 0 Å². The quantitative estimate of drug-likeness (QED) is 0.289. The minimum atomic E-state index is -2.03. The van der Waals surface area contributed by atoms with E-state index in [1.807, 2.05) is 0 Å². The maximum Gasteiger partial charge on any atom is 0.143 e. The van der Waals surface area contributed by atoms with Gasteiger partial charge in [0.2, 0.25) is 0 Å². The number of hydrogen-bond donors (Lipinski definition) is 0. The third-order valence-electron chi connectivity index (χ3n) is 6.15. The van der Waals surface area contributed by atoms with Crippen molar-refractivity contribution >= 4 is 23.2 Å². The summed E-state index contributed by atoms with van der Waals surface area (Å²) in [6.07, 6.45) is 7.54. The molecule has 158 valence electrons. The zero-order valence-corrected chi connectivity index (χ0v) is 19.5. The maximum atomic E-state index is 6.64. The molecule has 0 N–H and O–H groups in total. The van der Waals surface area contributed by atoms with Crippen LogP contribution in [0.1, 0.15) is 46.0 Å². The van der Waals surface area contributed by atoms with E-state index in [1.165, 1.54) is 39.8 Å². The smallest absolute Gasteiger partial charge is 0.143 e. The highest BCUT2D eigenvalue weighted by molar-refractivity contribution is 7.99. The van der Waals surface area contributed by atoms with Crippen molar-refractivity contribution in [2.24, 2.45) is 0 Å². The standard InChI is InChI=1S/C29H32OP/c1-3-24(4-2)30-28-22-14-15-23-29(28)31(25-16-8-5-9-17-25,26-18-10-6-11-19-26)27-20-12-7-13-21-27/h3,5-13,16-21H,4,14-15,22-23H2,1-2H3/q+1. The molecule has 0 spiro atoms. The van der Waals surface area contributed by atoms with Crippen LogP contribution >= 0.6 is 7.26 Å². The maximum absolute atomic E-state index is 6.64. The highest BCUT2D eigenvalue weighted by Crippen LogP contribution is 2.66. The van der Waals surface area contributed by atoms with Crippen molar-refractivity contribution in [2.75, 3.05) is 0 Å². The van der Waals surface area contributed by atoms with Crippen molar-refractivity contribution in [3.05, 3.63) is 114 Å². The molecule has 0 saturated heterocycles. The van der Waals surface area contributed by atoms with Gasteiger partial charge in [-0.05, 0) is 62.2 Å². The summed E-state index contributed by atoms with van der Waals surface area (Å²) in [6, 6.07) is 33.4. The van der Waals surface area contributed by atoms with Crippen LogP contribution in [0.25, 0.3) is 0 Å². The normalized spacial score (nSPS) is 15.1. The molecule has 2 heteroatoms. The zero-order valence-electron chi connectivity index (χ0n) is 18.6. The fourth-order valence-electron chi connectivity index (χ4n) is 4.69. The van der Waals surface area contributed by atoms with Gasteiger partial charge in [-0.25, -0.2) is 0 Å². The Bertz CT molecular complexity index is 939. The first-order valence-corrected chi connectivity index (χ1v) is 13.2. The van der Waals surface area contributed by atoms with Crippen LogP contribution < -0.4 is 15.9 Å². The Balaban J connectivity index is 2.07. The molecule has 1 aliphatic carbocycles. The van der Waals surface area contributed by atoms with Crippen LogP contribution in [0.3, 0.4) is 0 Å². The lowest BCUT2D eigenvalue weighted by atomic mass is 10.1. The van der Waals surface area contributed by atoms with E-state index in [2.05, 4.69) is 111 Å². The Morgan fingerprint density at radius 3 is 1.61 bits per heavy atom. The van der Waals surface area contributed by atoms with E-state index in [9.17, 15) is 0 Å². The first kappa shape index (κ1) is 21.6. The second-order valence-electron chi connectivity index (χ2n) is 7.97. The van der Waals surface area contributed by atoms with Gasteiger partial charge in [-0.1, -0.05) is 61.5 Å². The van der Waals surface area contributed by atoms with Crippen LogP contribution in [-0.2, 0) is 4.74 Å². The summed E-state index contributed by atoms with van der Waals surface area (Å²) in [5.41, 5.74) is 0. The molecule has 0 atom stereocenters. The molecule has 0 saturated carbocycles. The molecule has 0 fully saturated rings. The molecular weight excluding hydrogens is 395 g/mol. The van der Waals surface area contributed by atoms with Gasteiger partial charge in [-0.15, -0.1) is 0 Å². The van der Waals surface area contributed by atoms with Crippen LogP contribution in [0.2, 0.25) is 0 Å². The summed E-state index contributed by atoms with van der Waals surface area (Å²) in [5, 5.41) is 5.73. The molecule has 31 heavy (non-hydrogen) atoms. The molecule has 0 amide bonds. The van der Waals surface area contributed by atoms with Crippen LogP contribution in [0, 0.1) is 0 Å². The van der Waals surface area contributed by atoms with Crippen molar-refractivity contribution < 1.29 is 4.74 Å². The Morgan fingerprint density at radius 2 is 1.19 bits per heavy atom. The fraction of sp³-hybridized carbons (Fsp3) is 0.241. The van der Waals surface area contributed by atoms with Gasteiger partial charge in [0.05, 0.1) is 5.76 Å². The van der Waals surface area contributed by atoms with E-state index in [0.29, 0.717) is 0 Å². The van der Waals surface area contributed by atoms with E-state index in [4.69, 9.17) is 4.74 Å². The molecule has 0 heterocycles. The average Bonchev–Trinajstić information content (AvgIpc) is 2.86. The molecule has 4 rings (SSSR count). The second-order valence-corrected chi connectivity index (χ2v) is 11.4. The molecule has 1 aliphatic rings. The number of rotatable bonds is 7. The van der Waals surface area contributed by atoms with E-state index in [0.717, 1.165) is 25.0 Å². The summed E-state index contributed by atoms with van der Waals surface area (Å²) < 4.78 is 6.64. The van der Waals surface area contributed by atoms with Gasteiger partial charge in [0.1, 0.15) is 34.2 Å². The third-order valence-corrected chi connectivity index (χ3v) is 10.7. The Hall–Kier alpha value is -2.63. The molecule has 1 nitrogen and oxygen atoms in total. The van der Waals surface area contributed by atoms with Gasteiger partial charge in [-0.2, -0.15) is 0 Å². The summed E-state index contributed by atoms with van der Waals surface area (Å²) >= 11 is 0.